The van der Waals surface area contributed by atoms with Gasteiger partial charge in [0.1, 0.15) is 6.61 Å². The van der Waals surface area contributed by atoms with Crippen molar-refractivity contribution in [3.05, 3.63) is 64.7 Å². The van der Waals surface area contributed by atoms with Gasteiger partial charge in [0.05, 0.1) is 12.3 Å². The summed E-state index contributed by atoms with van der Waals surface area (Å²) in [5, 5.41) is 9.62. The van der Waals surface area contributed by atoms with Crippen LogP contribution in [0.25, 0.3) is 0 Å². The summed E-state index contributed by atoms with van der Waals surface area (Å²) in [7, 11) is 0. The SMILES string of the molecule is Cc1ccc2c(c1CO)CCCN2C(=O)OCc1ccccc1. The van der Waals surface area contributed by atoms with Gasteiger partial charge in [-0.25, -0.2) is 4.79 Å². The number of aliphatic hydroxyl groups excluding tert-OH is 1. The Morgan fingerprint density at radius 1 is 1.22 bits per heavy atom. The van der Waals surface area contributed by atoms with Crippen molar-refractivity contribution >= 4 is 11.8 Å². The average molecular weight is 311 g/mol. The molecule has 2 aromatic carbocycles. The molecule has 1 heterocycles. The number of hydrogen-bond donors (Lipinski definition) is 1. The Labute approximate surface area is 136 Å². The molecule has 4 heteroatoms. The zero-order valence-electron chi connectivity index (χ0n) is 13.3. The van der Waals surface area contributed by atoms with Crippen LogP contribution in [-0.2, 0) is 24.4 Å². The Kier molecular flexibility index (Phi) is 4.63. The van der Waals surface area contributed by atoms with Crippen molar-refractivity contribution in [1.82, 2.24) is 0 Å². The fourth-order valence-electron chi connectivity index (χ4n) is 3.07. The summed E-state index contributed by atoms with van der Waals surface area (Å²) >= 11 is 0. The molecule has 0 unspecified atom stereocenters. The normalized spacial score (nSPS) is 13.6. The van der Waals surface area contributed by atoms with Crippen LogP contribution in [0.4, 0.5) is 10.5 Å². The molecule has 4 nitrogen and oxygen atoms in total. The van der Waals surface area contributed by atoms with E-state index in [0.717, 1.165) is 40.8 Å². The molecule has 1 aliphatic rings. The monoisotopic (exact) mass is 311 g/mol. The molecule has 1 aliphatic heterocycles. The highest BCUT2D eigenvalue weighted by molar-refractivity contribution is 5.89. The highest BCUT2D eigenvalue weighted by Crippen LogP contribution is 2.32. The van der Waals surface area contributed by atoms with Gasteiger partial charge in [-0.2, -0.15) is 0 Å². The Morgan fingerprint density at radius 2 is 2.00 bits per heavy atom. The average Bonchev–Trinajstić information content (AvgIpc) is 2.60. The van der Waals surface area contributed by atoms with Gasteiger partial charge in [0, 0.05) is 6.54 Å². The molecule has 0 spiro atoms. The number of benzene rings is 2. The summed E-state index contributed by atoms with van der Waals surface area (Å²) in [6.07, 6.45) is 1.43. The zero-order chi connectivity index (χ0) is 16.2. The molecular weight excluding hydrogens is 290 g/mol. The molecule has 0 saturated heterocycles. The summed E-state index contributed by atoms with van der Waals surface area (Å²) in [5.41, 5.74) is 4.89. The predicted octanol–water partition coefficient (Wildman–Crippen LogP) is 3.58. The van der Waals surface area contributed by atoms with Crippen LogP contribution >= 0.6 is 0 Å². The van der Waals surface area contributed by atoms with E-state index in [1.165, 1.54) is 0 Å². The lowest BCUT2D eigenvalue weighted by atomic mass is 9.93. The van der Waals surface area contributed by atoms with Crippen molar-refractivity contribution in [3.8, 4) is 0 Å². The molecule has 120 valence electrons. The lowest BCUT2D eigenvalue weighted by molar-refractivity contribution is 0.146. The van der Waals surface area contributed by atoms with Gasteiger partial charge in [0.25, 0.3) is 0 Å². The van der Waals surface area contributed by atoms with Crippen LogP contribution in [0, 0.1) is 6.92 Å². The van der Waals surface area contributed by atoms with Gasteiger partial charge < -0.3 is 9.84 Å². The first-order valence-electron chi connectivity index (χ1n) is 7.91. The van der Waals surface area contributed by atoms with E-state index in [4.69, 9.17) is 4.74 Å². The maximum absolute atomic E-state index is 12.5. The van der Waals surface area contributed by atoms with E-state index in [9.17, 15) is 9.90 Å². The van der Waals surface area contributed by atoms with Gasteiger partial charge in [0.15, 0.2) is 0 Å². The highest BCUT2D eigenvalue weighted by atomic mass is 16.6. The maximum atomic E-state index is 12.5. The second-order valence-corrected chi connectivity index (χ2v) is 5.81. The Hall–Kier alpha value is -2.33. The van der Waals surface area contributed by atoms with Crippen LogP contribution in [0.1, 0.15) is 28.7 Å². The van der Waals surface area contributed by atoms with Gasteiger partial charge in [-0.3, -0.25) is 4.90 Å². The van der Waals surface area contributed by atoms with Gasteiger partial charge >= 0.3 is 6.09 Å². The highest BCUT2D eigenvalue weighted by Gasteiger charge is 2.25. The molecule has 3 rings (SSSR count). The van der Waals surface area contributed by atoms with Crippen LogP contribution in [0.5, 0.6) is 0 Å². The molecule has 0 fully saturated rings. The Balaban J connectivity index is 1.78. The predicted molar refractivity (Wildman–Crippen MR) is 89.4 cm³/mol. The first-order valence-corrected chi connectivity index (χ1v) is 7.91. The van der Waals surface area contributed by atoms with E-state index in [1.54, 1.807) is 4.90 Å². The molecule has 0 radical (unpaired) electrons. The van der Waals surface area contributed by atoms with Crippen LogP contribution < -0.4 is 4.90 Å². The molecular formula is C19H21NO3. The number of aryl methyl sites for hydroxylation is 1. The van der Waals surface area contributed by atoms with Crippen LogP contribution in [0.3, 0.4) is 0 Å². The minimum atomic E-state index is -0.331. The molecule has 0 aromatic heterocycles. The number of rotatable bonds is 3. The van der Waals surface area contributed by atoms with Crippen molar-refractivity contribution in [3.63, 3.8) is 0 Å². The Morgan fingerprint density at radius 3 is 2.74 bits per heavy atom. The second kappa shape index (κ2) is 6.84. The van der Waals surface area contributed by atoms with Gasteiger partial charge in [-0.15, -0.1) is 0 Å². The molecule has 2 aromatic rings. The summed E-state index contributed by atoms with van der Waals surface area (Å²) in [6.45, 7) is 2.90. The van der Waals surface area contributed by atoms with E-state index >= 15 is 0 Å². The van der Waals surface area contributed by atoms with Crippen molar-refractivity contribution < 1.29 is 14.6 Å². The second-order valence-electron chi connectivity index (χ2n) is 5.81. The third-order valence-corrected chi connectivity index (χ3v) is 4.32. The van der Waals surface area contributed by atoms with Crippen molar-refractivity contribution in [2.75, 3.05) is 11.4 Å². The van der Waals surface area contributed by atoms with E-state index in [-0.39, 0.29) is 19.3 Å². The molecule has 1 amide bonds. The molecule has 1 N–H and O–H groups in total. The third kappa shape index (κ3) is 3.22. The molecule has 0 atom stereocenters. The van der Waals surface area contributed by atoms with Crippen molar-refractivity contribution in [1.29, 1.82) is 0 Å². The first-order chi connectivity index (χ1) is 11.2. The van der Waals surface area contributed by atoms with Crippen molar-refractivity contribution in [2.45, 2.75) is 33.0 Å². The number of ether oxygens (including phenoxy) is 1. The topological polar surface area (TPSA) is 49.8 Å². The fourth-order valence-corrected chi connectivity index (χ4v) is 3.07. The van der Waals surface area contributed by atoms with E-state index in [0.29, 0.717) is 6.54 Å². The number of carbonyl (C=O) groups excluding carboxylic acids is 1. The molecule has 0 saturated carbocycles. The number of carbonyl (C=O) groups is 1. The number of amides is 1. The smallest absolute Gasteiger partial charge is 0.414 e. The summed E-state index contributed by atoms with van der Waals surface area (Å²) in [5.74, 6) is 0. The summed E-state index contributed by atoms with van der Waals surface area (Å²) in [6, 6.07) is 13.6. The minimum Gasteiger partial charge on any atom is -0.444 e. The lowest BCUT2D eigenvalue weighted by Gasteiger charge is -2.30. The maximum Gasteiger partial charge on any atom is 0.414 e. The summed E-state index contributed by atoms with van der Waals surface area (Å²) in [4.78, 5) is 14.1. The summed E-state index contributed by atoms with van der Waals surface area (Å²) < 4.78 is 5.45. The first kappa shape index (κ1) is 15.6. The number of hydrogen-bond acceptors (Lipinski definition) is 3. The third-order valence-electron chi connectivity index (χ3n) is 4.32. The number of fused-ring (bicyclic) bond motifs is 1. The fraction of sp³-hybridized carbons (Fsp3) is 0.316. The lowest BCUT2D eigenvalue weighted by Crippen LogP contribution is -2.36. The van der Waals surface area contributed by atoms with E-state index in [2.05, 4.69) is 0 Å². The standard InChI is InChI=1S/C19H21NO3/c1-14-9-10-18-16(17(14)12-21)8-5-11-20(18)19(22)23-13-15-6-3-2-4-7-15/h2-4,6-7,9-10,21H,5,8,11-13H2,1H3. The number of nitrogens with zero attached hydrogens (tertiary/aromatic N) is 1. The van der Waals surface area contributed by atoms with Gasteiger partial charge in [-0.1, -0.05) is 36.4 Å². The number of aliphatic hydroxyl groups is 1. The molecule has 23 heavy (non-hydrogen) atoms. The minimum absolute atomic E-state index is 0.00189. The van der Waals surface area contributed by atoms with Crippen LogP contribution in [-0.4, -0.2) is 17.7 Å². The van der Waals surface area contributed by atoms with Crippen molar-refractivity contribution in [2.24, 2.45) is 0 Å². The van der Waals surface area contributed by atoms with Crippen LogP contribution in [0.2, 0.25) is 0 Å². The van der Waals surface area contributed by atoms with Gasteiger partial charge in [-0.05, 0) is 48.1 Å². The molecule has 0 aliphatic carbocycles. The number of anilines is 1. The Bertz CT molecular complexity index is 697. The molecule has 0 bridgehead atoms. The van der Waals surface area contributed by atoms with Gasteiger partial charge in [0.2, 0.25) is 0 Å². The quantitative estimate of drug-likeness (QED) is 0.942. The zero-order valence-corrected chi connectivity index (χ0v) is 13.3. The van der Waals surface area contributed by atoms with Crippen LogP contribution in [0.15, 0.2) is 42.5 Å². The largest absolute Gasteiger partial charge is 0.444 e. The van der Waals surface area contributed by atoms with E-state index in [1.807, 2.05) is 49.4 Å². The van der Waals surface area contributed by atoms with E-state index < -0.39 is 0 Å².